The van der Waals surface area contributed by atoms with Gasteiger partial charge in [0.15, 0.2) is 12.4 Å². The lowest BCUT2D eigenvalue weighted by Gasteiger charge is -2.10. The quantitative estimate of drug-likeness (QED) is 0.508. The summed E-state index contributed by atoms with van der Waals surface area (Å²) in [7, 11) is 0. The van der Waals surface area contributed by atoms with Gasteiger partial charge in [-0.1, -0.05) is 22.3 Å². The molecule has 1 N–H and O–H groups in total. The monoisotopic (exact) mass is 410 g/mol. The molecule has 0 aliphatic rings. The van der Waals surface area contributed by atoms with Gasteiger partial charge in [0.2, 0.25) is 5.88 Å². The molecule has 0 fully saturated rings. The second-order valence-electron chi connectivity index (χ2n) is 5.36. The molecule has 2 heterocycles. The number of alkyl halides is 3. The molecule has 28 heavy (non-hydrogen) atoms. The first-order valence-corrected chi connectivity index (χ1v) is 8.15. The number of carbonyl (C=O) groups is 1. The van der Waals surface area contributed by atoms with E-state index in [1.165, 1.54) is 28.9 Å². The molecule has 0 aliphatic carbocycles. The fraction of sp³-hybridized carbons (Fsp3) is 0.0556. The lowest BCUT2D eigenvalue weighted by molar-refractivity contribution is -0.641. The number of benzene rings is 1. The normalized spacial score (nSPS) is 11.0. The highest BCUT2D eigenvalue weighted by atomic mass is 35.5. The highest BCUT2D eigenvalue weighted by Crippen LogP contribution is 2.27. The van der Waals surface area contributed by atoms with Crippen LogP contribution in [0.5, 0.6) is 17.4 Å². The molecule has 0 saturated carbocycles. The molecule has 0 aliphatic heterocycles. The van der Waals surface area contributed by atoms with Gasteiger partial charge in [-0.05, 0) is 30.3 Å². The van der Waals surface area contributed by atoms with Crippen molar-refractivity contribution in [1.82, 2.24) is 4.98 Å². The molecule has 0 atom stereocenters. The van der Waals surface area contributed by atoms with E-state index in [-0.39, 0.29) is 28.1 Å². The molecule has 1 amide bonds. The third-order valence-corrected chi connectivity index (χ3v) is 3.45. The highest BCUT2D eigenvalue weighted by molar-refractivity contribution is 6.29. The number of aromatic nitrogens is 2. The number of rotatable bonds is 5. The number of hydrogen-bond acceptors (Lipinski definition) is 4. The highest BCUT2D eigenvalue weighted by Gasteiger charge is 2.31. The van der Waals surface area contributed by atoms with Gasteiger partial charge >= 0.3 is 12.3 Å². The van der Waals surface area contributed by atoms with Crippen molar-refractivity contribution in [3.8, 4) is 17.4 Å². The van der Waals surface area contributed by atoms with Crippen LogP contribution in [0.3, 0.4) is 0 Å². The van der Waals surface area contributed by atoms with Crippen LogP contribution >= 0.6 is 11.6 Å². The molecule has 0 saturated heterocycles. The van der Waals surface area contributed by atoms with Crippen molar-refractivity contribution in [3.63, 3.8) is 0 Å². The van der Waals surface area contributed by atoms with Crippen LogP contribution in [-0.4, -0.2) is 17.3 Å². The molecule has 0 bridgehead atoms. The van der Waals surface area contributed by atoms with Crippen molar-refractivity contribution in [1.29, 1.82) is 0 Å². The van der Waals surface area contributed by atoms with Crippen LogP contribution in [0.1, 0.15) is 10.4 Å². The third kappa shape index (κ3) is 5.58. The number of hydrogen-bond donors (Lipinski definition) is 1. The van der Waals surface area contributed by atoms with E-state index in [0.717, 1.165) is 12.1 Å². The maximum absolute atomic E-state index is 12.4. The molecule has 0 unspecified atom stereocenters. The van der Waals surface area contributed by atoms with Crippen LogP contribution in [0.4, 0.5) is 13.2 Å². The largest absolute Gasteiger partial charge is 0.573 e. The number of nitrogens with one attached hydrogen (secondary N) is 1. The van der Waals surface area contributed by atoms with Gasteiger partial charge in [-0.3, -0.25) is 4.79 Å². The van der Waals surface area contributed by atoms with Crippen LogP contribution in [-0.2, 0) is 0 Å². The average Bonchev–Trinajstić information content (AvgIpc) is 2.62. The first-order valence-electron chi connectivity index (χ1n) is 7.77. The van der Waals surface area contributed by atoms with Gasteiger partial charge in [-0.2, -0.15) is 0 Å². The molecule has 2 aromatic heterocycles. The van der Waals surface area contributed by atoms with Gasteiger partial charge in [0.25, 0.3) is 0 Å². The fourth-order valence-electron chi connectivity index (χ4n) is 2.14. The Balaban J connectivity index is 1.73. The Kier molecular flexibility index (Phi) is 5.65. The Morgan fingerprint density at radius 3 is 2.32 bits per heavy atom. The van der Waals surface area contributed by atoms with Crippen molar-refractivity contribution in [2.75, 3.05) is 5.43 Å². The number of nitrogens with zero attached hydrogens (tertiary/aromatic N) is 2. The molecule has 1 aromatic carbocycles. The summed E-state index contributed by atoms with van der Waals surface area (Å²) in [5, 5.41) is 0.0118. The maximum atomic E-state index is 12.4. The second-order valence-corrected chi connectivity index (χ2v) is 5.75. The molecule has 0 spiro atoms. The lowest BCUT2D eigenvalue weighted by Crippen LogP contribution is -2.47. The first kappa shape index (κ1) is 19.4. The topological polar surface area (TPSA) is 64.3 Å². The van der Waals surface area contributed by atoms with Crippen molar-refractivity contribution < 1.29 is 32.1 Å². The SMILES string of the molecule is O=C(N[n+]1ccccc1)c1cc(Cl)nc(Oc2ccc(OC(F)(F)F)cc2)c1. The Morgan fingerprint density at radius 1 is 1.04 bits per heavy atom. The standard InChI is InChI=1S/C18H11ClF3N3O3/c19-15-10-12(17(26)24-25-8-2-1-3-9-25)11-16(23-15)27-13-4-6-14(7-5-13)28-18(20,21)22/h1-11H/p+1. The van der Waals surface area contributed by atoms with Gasteiger partial charge < -0.3 is 9.47 Å². The van der Waals surface area contributed by atoms with E-state index < -0.39 is 12.3 Å². The molecule has 3 rings (SSSR count). The van der Waals surface area contributed by atoms with Crippen molar-refractivity contribution >= 4 is 17.5 Å². The molecular formula is C18H12ClF3N3O3+. The number of ether oxygens (including phenoxy) is 2. The van der Waals surface area contributed by atoms with Gasteiger partial charge in [0.1, 0.15) is 16.7 Å². The van der Waals surface area contributed by atoms with Gasteiger partial charge in [-0.15, -0.1) is 18.6 Å². The fourth-order valence-corrected chi connectivity index (χ4v) is 2.34. The van der Waals surface area contributed by atoms with Crippen LogP contribution in [0, 0.1) is 0 Å². The van der Waals surface area contributed by atoms with E-state index in [1.807, 2.05) is 0 Å². The minimum absolute atomic E-state index is 0.000187. The van der Waals surface area contributed by atoms with Gasteiger partial charge in [0.05, 0.1) is 5.56 Å². The summed E-state index contributed by atoms with van der Waals surface area (Å²) in [6.07, 6.45) is -1.50. The van der Waals surface area contributed by atoms with E-state index in [0.29, 0.717) is 0 Å². The zero-order valence-corrected chi connectivity index (χ0v) is 14.7. The molecular weight excluding hydrogens is 399 g/mol. The zero-order valence-electron chi connectivity index (χ0n) is 14.0. The molecule has 3 aromatic rings. The Labute approximate surface area is 162 Å². The van der Waals surface area contributed by atoms with E-state index in [9.17, 15) is 18.0 Å². The Hall–Kier alpha value is -3.33. The van der Waals surface area contributed by atoms with E-state index in [1.54, 1.807) is 30.6 Å². The molecule has 10 heteroatoms. The van der Waals surface area contributed by atoms with Gasteiger partial charge in [-0.25, -0.2) is 4.98 Å². The summed E-state index contributed by atoms with van der Waals surface area (Å²) in [5.74, 6) is -0.661. The molecule has 0 radical (unpaired) electrons. The number of pyridine rings is 2. The first-order chi connectivity index (χ1) is 13.3. The van der Waals surface area contributed by atoms with Crippen LogP contribution in [0.2, 0.25) is 5.15 Å². The maximum Gasteiger partial charge on any atom is 0.573 e. The third-order valence-electron chi connectivity index (χ3n) is 3.26. The summed E-state index contributed by atoms with van der Waals surface area (Å²) >= 11 is 5.94. The summed E-state index contributed by atoms with van der Waals surface area (Å²) in [6.45, 7) is 0. The predicted octanol–water partition coefficient (Wildman–Crippen LogP) is 4.10. The zero-order chi connectivity index (χ0) is 20.1. The number of halogens is 4. The van der Waals surface area contributed by atoms with E-state index >= 15 is 0 Å². The smallest absolute Gasteiger partial charge is 0.439 e. The second kappa shape index (κ2) is 8.13. The van der Waals surface area contributed by atoms with E-state index in [2.05, 4.69) is 15.1 Å². The minimum Gasteiger partial charge on any atom is -0.439 e. The Bertz CT molecular complexity index is 967. The van der Waals surface area contributed by atoms with Crippen molar-refractivity contribution in [3.05, 3.63) is 77.7 Å². The number of amides is 1. The predicted molar refractivity (Wildman–Crippen MR) is 92.8 cm³/mol. The minimum atomic E-state index is -4.78. The van der Waals surface area contributed by atoms with Crippen molar-refractivity contribution in [2.45, 2.75) is 6.36 Å². The van der Waals surface area contributed by atoms with Gasteiger partial charge in [0, 0.05) is 18.2 Å². The summed E-state index contributed by atoms with van der Waals surface area (Å²) < 4.78 is 47.3. The summed E-state index contributed by atoms with van der Waals surface area (Å²) in [5.41, 5.74) is 2.80. The molecule has 144 valence electrons. The Morgan fingerprint density at radius 2 is 1.68 bits per heavy atom. The summed E-state index contributed by atoms with van der Waals surface area (Å²) in [6, 6.07) is 12.7. The van der Waals surface area contributed by atoms with Crippen molar-refractivity contribution in [2.24, 2.45) is 0 Å². The van der Waals surface area contributed by atoms with Crippen LogP contribution in [0.25, 0.3) is 0 Å². The van der Waals surface area contributed by atoms with Crippen LogP contribution < -0.4 is 19.6 Å². The average molecular weight is 411 g/mol. The summed E-state index contributed by atoms with van der Waals surface area (Å²) in [4.78, 5) is 16.3. The van der Waals surface area contributed by atoms with E-state index in [4.69, 9.17) is 16.3 Å². The van der Waals surface area contributed by atoms with Crippen LogP contribution in [0.15, 0.2) is 67.0 Å². The lowest BCUT2D eigenvalue weighted by atomic mass is 10.2. The number of carbonyl (C=O) groups excluding carboxylic acids is 1. The molecule has 6 nitrogen and oxygen atoms in total.